The summed E-state index contributed by atoms with van der Waals surface area (Å²) in [6, 6.07) is 5.56. The molecule has 1 amide bonds. The van der Waals surface area contributed by atoms with Gasteiger partial charge in [-0.15, -0.1) is 0 Å². The van der Waals surface area contributed by atoms with Crippen molar-refractivity contribution in [1.82, 2.24) is 10.2 Å². The van der Waals surface area contributed by atoms with E-state index in [1.165, 1.54) is 6.08 Å². The van der Waals surface area contributed by atoms with Crippen LogP contribution in [0, 0.1) is 0 Å². The van der Waals surface area contributed by atoms with E-state index in [0.717, 1.165) is 31.4 Å². The molecule has 1 aromatic rings. The Labute approximate surface area is 139 Å². The van der Waals surface area contributed by atoms with E-state index in [1.807, 2.05) is 32.3 Å². The smallest absolute Gasteiger partial charge is 0.243 e. The van der Waals surface area contributed by atoms with Crippen molar-refractivity contribution < 1.29 is 9.53 Å². The number of rotatable bonds is 10. The lowest BCUT2D eigenvalue weighted by Crippen LogP contribution is -2.25. The topological polar surface area (TPSA) is 67.6 Å². The van der Waals surface area contributed by atoms with Crippen LogP contribution in [-0.2, 0) is 4.79 Å². The number of nitrogens with two attached hydrogens (primary N) is 1. The molecule has 0 saturated heterocycles. The number of nitrogens with one attached hydrogen (secondary N) is 1. The Bertz CT molecular complexity index is 513. The zero-order chi connectivity index (χ0) is 17.1. The summed E-state index contributed by atoms with van der Waals surface area (Å²) in [5, 5.41) is 2.86. The number of carbonyl (C=O) groups is 1. The number of unbranched alkanes of at least 4 members (excludes halogenated alkanes) is 1. The third kappa shape index (κ3) is 8.26. The third-order valence-corrected chi connectivity index (χ3v) is 3.30. The van der Waals surface area contributed by atoms with E-state index < -0.39 is 0 Å². The van der Waals surface area contributed by atoms with E-state index in [9.17, 15) is 4.79 Å². The van der Waals surface area contributed by atoms with Crippen LogP contribution in [0.1, 0.15) is 31.7 Å². The first-order chi connectivity index (χ1) is 11.0. The number of amides is 1. The summed E-state index contributed by atoms with van der Waals surface area (Å²) in [4.78, 5) is 13.8. The van der Waals surface area contributed by atoms with Crippen LogP contribution in [0.15, 0.2) is 24.3 Å². The fourth-order valence-electron chi connectivity index (χ4n) is 1.97. The lowest BCUT2D eigenvalue weighted by atomic mass is 10.1. The van der Waals surface area contributed by atoms with E-state index in [-0.39, 0.29) is 5.91 Å². The summed E-state index contributed by atoms with van der Waals surface area (Å²) in [6.45, 7) is 4.42. The first-order valence-electron chi connectivity index (χ1n) is 8.16. The molecule has 0 heterocycles. The van der Waals surface area contributed by atoms with Gasteiger partial charge in [0.25, 0.3) is 0 Å². The number of benzene rings is 1. The molecule has 0 aliphatic rings. The normalized spacial score (nSPS) is 11.1. The van der Waals surface area contributed by atoms with Crippen molar-refractivity contribution in [3.8, 4) is 5.75 Å². The summed E-state index contributed by atoms with van der Waals surface area (Å²) in [5.74, 6) is 0.606. The lowest BCUT2D eigenvalue weighted by Gasteiger charge is -2.09. The maximum Gasteiger partial charge on any atom is 0.243 e. The van der Waals surface area contributed by atoms with Gasteiger partial charge in [-0.2, -0.15) is 0 Å². The van der Waals surface area contributed by atoms with Crippen molar-refractivity contribution in [3.05, 3.63) is 29.8 Å². The average Bonchev–Trinajstić information content (AvgIpc) is 2.51. The third-order valence-electron chi connectivity index (χ3n) is 3.30. The molecule has 0 aliphatic heterocycles. The van der Waals surface area contributed by atoms with Gasteiger partial charge < -0.3 is 20.7 Å². The summed E-state index contributed by atoms with van der Waals surface area (Å²) >= 11 is 0. The molecule has 0 atom stereocenters. The Hall–Kier alpha value is -2.01. The van der Waals surface area contributed by atoms with Gasteiger partial charge in [0.15, 0.2) is 0 Å². The maximum atomic E-state index is 11.7. The highest BCUT2D eigenvalue weighted by molar-refractivity contribution is 5.91. The molecule has 0 bridgehead atoms. The molecule has 0 radical (unpaired) electrons. The van der Waals surface area contributed by atoms with Crippen LogP contribution < -0.4 is 15.8 Å². The zero-order valence-electron chi connectivity index (χ0n) is 14.5. The van der Waals surface area contributed by atoms with E-state index in [0.29, 0.717) is 24.6 Å². The SMILES string of the molecule is CCCCOc1ccc(/C=C\C(=O)NCCCN(C)C)cc1N. The Balaban J connectivity index is 2.43. The molecule has 0 aliphatic carbocycles. The van der Waals surface area contributed by atoms with Crippen molar-refractivity contribution in [2.45, 2.75) is 26.2 Å². The summed E-state index contributed by atoms with van der Waals surface area (Å²) in [5.41, 5.74) is 7.45. The van der Waals surface area contributed by atoms with Crippen molar-refractivity contribution in [3.63, 3.8) is 0 Å². The van der Waals surface area contributed by atoms with E-state index in [4.69, 9.17) is 10.5 Å². The lowest BCUT2D eigenvalue weighted by molar-refractivity contribution is -0.116. The van der Waals surface area contributed by atoms with Crippen LogP contribution in [0.2, 0.25) is 0 Å². The predicted molar refractivity (Wildman–Crippen MR) is 96.5 cm³/mol. The molecule has 23 heavy (non-hydrogen) atoms. The molecule has 0 spiro atoms. The van der Waals surface area contributed by atoms with Crippen molar-refractivity contribution >= 4 is 17.7 Å². The molecule has 0 saturated carbocycles. The number of hydrogen-bond acceptors (Lipinski definition) is 4. The highest BCUT2D eigenvalue weighted by Gasteiger charge is 2.01. The molecular formula is C18H29N3O2. The van der Waals surface area contributed by atoms with Crippen molar-refractivity contribution in [2.75, 3.05) is 39.5 Å². The monoisotopic (exact) mass is 319 g/mol. The van der Waals surface area contributed by atoms with Gasteiger partial charge in [-0.25, -0.2) is 0 Å². The number of anilines is 1. The van der Waals surface area contributed by atoms with Crippen molar-refractivity contribution in [1.29, 1.82) is 0 Å². The largest absolute Gasteiger partial charge is 0.491 e. The Kier molecular flexibility index (Phi) is 8.83. The zero-order valence-corrected chi connectivity index (χ0v) is 14.5. The van der Waals surface area contributed by atoms with Gasteiger partial charge in [0.05, 0.1) is 12.3 Å². The van der Waals surface area contributed by atoms with E-state index in [1.54, 1.807) is 6.08 Å². The Morgan fingerprint density at radius 1 is 1.35 bits per heavy atom. The molecule has 5 nitrogen and oxygen atoms in total. The maximum absolute atomic E-state index is 11.7. The van der Waals surface area contributed by atoms with Gasteiger partial charge in [0, 0.05) is 12.6 Å². The molecule has 0 aromatic heterocycles. The molecule has 1 aromatic carbocycles. The Morgan fingerprint density at radius 2 is 2.13 bits per heavy atom. The molecule has 5 heteroatoms. The van der Waals surface area contributed by atoms with Gasteiger partial charge in [0.1, 0.15) is 5.75 Å². The highest BCUT2D eigenvalue weighted by atomic mass is 16.5. The minimum atomic E-state index is -0.0920. The van der Waals surface area contributed by atoms with Crippen LogP contribution in [0.4, 0.5) is 5.69 Å². The molecule has 0 fully saturated rings. The van der Waals surface area contributed by atoms with Gasteiger partial charge in [-0.3, -0.25) is 4.79 Å². The average molecular weight is 319 g/mol. The summed E-state index contributed by atoms with van der Waals surface area (Å²) in [7, 11) is 4.03. The van der Waals surface area contributed by atoms with Gasteiger partial charge in [-0.1, -0.05) is 19.4 Å². The molecule has 1 rings (SSSR count). The minimum Gasteiger partial charge on any atom is -0.491 e. The fraction of sp³-hybridized carbons (Fsp3) is 0.500. The highest BCUT2D eigenvalue weighted by Crippen LogP contribution is 2.23. The van der Waals surface area contributed by atoms with Crippen LogP contribution in [0.5, 0.6) is 5.75 Å². The van der Waals surface area contributed by atoms with Gasteiger partial charge in [0.2, 0.25) is 5.91 Å². The first-order valence-corrected chi connectivity index (χ1v) is 8.16. The van der Waals surface area contributed by atoms with Crippen molar-refractivity contribution in [2.24, 2.45) is 0 Å². The number of nitrogen functional groups attached to an aromatic ring is 1. The molecule has 0 unspecified atom stereocenters. The van der Waals surface area contributed by atoms with E-state index >= 15 is 0 Å². The van der Waals surface area contributed by atoms with Crippen LogP contribution in [-0.4, -0.2) is 44.6 Å². The number of nitrogens with zero attached hydrogens (tertiary/aromatic N) is 1. The molecule has 128 valence electrons. The second kappa shape index (κ2) is 10.7. The number of carbonyl (C=O) groups excluding carboxylic acids is 1. The molecule has 3 N–H and O–H groups in total. The van der Waals surface area contributed by atoms with Crippen LogP contribution in [0.3, 0.4) is 0 Å². The van der Waals surface area contributed by atoms with Crippen LogP contribution in [0.25, 0.3) is 6.08 Å². The van der Waals surface area contributed by atoms with Gasteiger partial charge >= 0.3 is 0 Å². The fourth-order valence-corrected chi connectivity index (χ4v) is 1.97. The summed E-state index contributed by atoms with van der Waals surface area (Å²) in [6.07, 6.45) is 6.32. The van der Waals surface area contributed by atoms with Gasteiger partial charge in [-0.05, 0) is 57.3 Å². The standard InChI is InChI=1S/C18H29N3O2/c1-4-5-13-23-17-9-7-15(14-16(17)19)8-10-18(22)20-11-6-12-21(2)3/h7-10,14H,4-6,11-13,19H2,1-3H3,(H,20,22)/b10-8-. The summed E-state index contributed by atoms with van der Waals surface area (Å²) < 4.78 is 5.61. The van der Waals surface area contributed by atoms with E-state index in [2.05, 4.69) is 17.1 Å². The van der Waals surface area contributed by atoms with Crippen LogP contribution >= 0.6 is 0 Å². The second-order valence-corrected chi connectivity index (χ2v) is 5.78. The quantitative estimate of drug-likeness (QED) is 0.395. The predicted octanol–water partition coefficient (Wildman–Crippen LogP) is 2.53. The molecular weight excluding hydrogens is 290 g/mol. The number of ether oxygens (including phenoxy) is 1. The first kappa shape index (κ1) is 19.0. The second-order valence-electron chi connectivity index (χ2n) is 5.78. The Morgan fingerprint density at radius 3 is 2.78 bits per heavy atom. The number of hydrogen-bond donors (Lipinski definition) is 2. The minimum absolute atomic E-state index is 0.0920.